The van der Waals surface area contributed by atoms with E-state index in [9.17, 15) is 14.4 Å². The van der Waals surface area contributed by atoms with Crippen LogP contribution < -0.4 is 5.32 Å². The highest BCUT2D eigenvalue weighted by Gasteiger charge is 2.32. The van der Waals surface area contributed by atoms with Gasteiger partial charge in [-0.1, -0.05) is 18.2 Å². The lowest BCUT2D eigenvalue weighted by Crippen LogP contribution is -2.41. The van der Waals surface area contributed by atoms with Crippen molar-refractivity contribution in [2.75, 3.05) is 13.1 Å². The van der Waals surface area contributed by atoms with Crippen LogP contribution >= 0.6 is 0 Å². The number of hydrogen-bond acceptors (Lipinski definition) is 5. The van der Waals surface area contributed by atoms with Gasteiger partial charge in [0.1, 0.15) is 5.58 Å². The van der Waals surface area contributed by atoms with Gasteiger partial charge >= 0.3 is 12.0 Å². The van der Waals surface area contributed by atoms with Gasteiger partial charge < -0.3 is 14.5 Å². The number of furan rings is 1. The zero-order valence-corrected chi connectivity index (χ0v) is 12.8. The second-order valence-electron chi connectivity index (χ2n) is 5.32. The summed E-state index contributed by atoms with van der Waals surface area (Å²) in [7, 11) is 0. The third kappa shape index (κ3) is 2.65. The van der Waals surface area contributed by atoms with Crippen molar-refractivity contribution in [3.05, 3.63) is 35.6 Å². The van der Waals surface area contributed by atoms with Crippen molar-refractivity contribution in [2.45, 2.75) is 20.0 Å². The summed E-state index contributed by atoms with van der Waals surface area (Å²) in [5.74, 6) is -1.21. The summed E-state index contributed by atoms with van der Waals surface area (Å²) >= 11 is 0. The van der Waals surface area contributed by atoms with E-state index in [-0.39, 0.29) is 12.3 Å². The van der Waals surface area contributed by atoms with Gasteiger partial charge in [-0.2, -0.15) is 0 Å². The molecule has 7 heteroatoms. The number of benzene rings is 1. The minimum atomic E-state index is -1.07. The fraction of sp³-hybridized carbons (Fsp3) is 0.312. The number of hydrogen-bond donors (Lipinski definition) is 1. The summed E-state index contributed by atoms with van der Waals surface area (Å²) in [6.45, 7) is 3.85. The van der Waals surface area contributed by atoms with Crippen molar-refractivity contribution < 1.29 is 23.5 Å². The molecule has 120 valence electrons. The summed E-state index contributed by atoms with van der Waals surface area (Å²) < 4.78 is 10.7. The van der Waals surface area contributed by atoms with Gasteiger partial charge in [-0.25, -0.2) is 9.59 Å². The van der Waals surface area contributed by atoms with Crippen LogP contribution in [0.2, 0.25) is 0 Å². The van der Waals surface area contributed by atoms with Crippen molar-refractivity contribution in [3.8, 4) is 0 Å². The van der Waals surface area contributed by atoms with Crippen LogP contribution in [-0.2, 0) is 9.53 Å². The van der Waals surface area contributed by atoms with Crippen LogP contribution in [0.3, 0.4) is 0 Å². The third-order valence-corrected chi connectivity index (χ3v) is 3.78. The molecule has 23 heavy (non-hydrogen) atoms. The molecule has 0 spiro atoms. The molecule has 7 nitrogen and oxygen atoms in total. The Morgan fingerprint density at radius 3 is 2.74 bits per heavy atom. The Labute approximate surface area is 132 Å². The molecule has 0 unspecified atom stereocenters. The van der Waals surface area contributed by atoms with E-state index in [1.165, 1.54) is 6.92 Å². The number of para-hydroxylation sites is 1. The maximum atomic E-state index is 12.3. The second kappa shape index (κ2) is 5.75. The van der Waals surface area contributed by atoms with Crippen molar-refractivity contribution in [1.82, 2.24) is 10.2 Å². The van der Waals surface area contributed by atoms with E-state index in [1.54, 1.807) is 19.1 Å². The normalized spacial score (nSPS) is 15.6. The number of esters is 1. The zero-order valence-electron chi connectivity index (χ0n) is 12.8. The summed E-state index contributed by atoms with van der Waals surface area (Å²) in [5.41, 5.74) is 1.24. The number of imide groups is 1. The molecule has 1 aliphatic rings. The maximum Gasteiger partial charge on any atom is 0.375 e. The standard InChI is InChI=1S/C16H16N2O5/c1-9-11-5-3-4-6-12(11)23-13(9)15(20)22-10(2)14(19)18-8-7-17-16(18)21/h3-6,10H,7-8H2,1-2H3,(H,17,21)/t10-/m0/s1. The number of nitrogens with zero attached hydrogens (tertiary/aromatic N) is 1. The van der Waals surface area contributed by atoms with Crippen LogP contribution in [0.25, 0.3) is 11.0 Å². The Morgan fingerprint density at radius 1 is 1.35 bits per heavy atom. The molecule has 0 saturated carbocycles. The Bertz CT molecular complexity index is 795. The first-order valence-corrected chi connectivity index (χ1v) is 7.27. The Kier molecular flexibility index (Phi) is 3.77. The summed E-state index contributed by atoms with van der Waals surface area (Å²) in [5, 5.41) is 3.34. The highest BCUT2D eigenvalue weighted by molar-refractivity contribution is 6.00. The number of carbonyl (C=O) groups is 3. The van der Waals surface area contributed by atoms with Crippen molar-refractivity contribution in [1.29, 1.82) is 0 Å². The van der Waals surface area contributed by atoms with Crippen LogP contribution in [0.15, 0.2) is 28.7 Å². The second-order valence-corrected chi connectivity index (χ2v) is 5.32. The topological polar surface area (TPSA) is 88.9 Å². The monoisotopic (exact) mass is 316 g/mol. The molecule has 3 amide bonds. The van der Waals surface area contributed by atoms with Gasteiger partial charge in [0.2, 0.25) is 5.76 Å². The van der Waals surface area contributed by atoms with E-state index < -0.39 is 24.0 Å². The predicted octanol–water partition coefficient (Wildman–Crippen LogP) is 1.84. The largest absolute Gasteiger partial charge is 0.449 e. The Morgan fingerprint density at radius 2 is 2.09 bits per heavy atom. The Hall–Kier alpha value is -2.83. The number of fused-ring (bicyclic) bond motifs is 1. The van der Waals surface area contributed by atoms with Crippen molar-refractivity contribution >= 4 is 28.9 Å². The number of carbonyl (C=O) groups excluding carboxylic acids is 3. The molecule has 0 radical (unpaired) electrons. The fourth-order valence-electron chi connectivity index (χ4n) is 2.53. The van der Waals surface area contributed by atoms with Gasteiger partial charge in [0, 0.05) is 24.0 Å². The van der Waals surface area contributed by atoms with E-state index in [0.29, 0.717) is 17.7 Å². The van der Waals surface area contributed by atoms with E-state index in [1.807, 2.05) is 12.1 Å². The molecule has 3 rings (SSSR count). The van der Waals surface area contributed by atoms with E-state index >= 15 is 0 Å². The average Bonchev–Trinajstić information content (AvgIpc) is 3.11. The average molecular weight is 316 g/mol. The highest BCUT2D eigenvalue weighted by Crippen LogP contribution is 2.25. The molecule has 0 bridgehead atoms. The van der Waals surface area contributed by atoms with Crippen LogP contribution in [0, 0.1) is 6.92 Å². The SMILES string of the molecule is Cc1c(C(=O)O[C@@H](C)C(=O)N2CCNC2=O)oc2ccccc12. The smallest absolute Gasteiger partial charge is 0.375 e. The molecular formula is C16H16N2O5. The number of nitrogens with one attached hydrogen (secondary N) is 1. The zero-order chi connectivity index (χ0) is 16.6. The molecule has 2 heterocycles. The lowest BCUT2D eigenvalue weighted by molar-refractivity contribution is -0.136. The third-order valence-electron chi connectivity index (χ3n) is 3.78. The first kappa shape index (κ1) is 15.1. The van der Waals surface area contributed by atoms with E-state index in [4.69, 9.17) is 9.15 Å². The van der Waals surface area contributed by atoms with Gasteiger partial charge in [-0.3, -0.25) is 9.69 Å². The van der Waals surface area contributed by atoms with Gasteiger partial charge in [-0.05, 0) is 19.9 Å². The summed E-state index contributed by atoms with van der Waals surface area (Å²) in [4.78, 5) is 36.9. The van der Waals surface area contributed by atoms with E-state index in [0.717, 1.165) is 10.3 Å². The quantitative estimate of drug-likeness (QED) is 0.873. The van der Waals surface area contributed by atoms with Crippen LogP contribution in [0.1, 0.15) is 23.0 Å². The van der Waals surface area contributed by atoms with Gasteiger partial charge in [-0.15, -0.1) is 0 Å². The van der Waals surface area contributed by atoms with Crippen LogP contribution in [-0.4, -0.2) is 42.0 Å². The lowest BCUT2D eigenvalue weighted by Gasteiger charge is -2.17. The molecule has 1 N–H and O–H groups in total. The summed E-state index contributed by atoms with van der Waals surface area (Å²) in [6, 6.07) is 6.77. The van der Waals surface area contributed by atoms with Crippen LogP contribution in [0.5, 0.6) is 0 Å². The minimum Gasteiger partial charge on any atom is -0.449 e. The molecule has 0 aliphatic carbocycles. The number of rotatable bonds is 3. The van der Waals surface area contributed by atoms with Gasteiger partial charge in [0.25, 0.3) is 5.91 Å². The molecule has 1 saturated heterocycles. The maximum absolute atomic E-state index is 12.3. The Balaban J connectivity index is 1.76. The first-order valence-electron chi connectivity index (χ1n) is 7.27. The molecule has 1 atom stereocenters. The molecule has 1 aromatic carbocycles. The van der Waals surface area contributed by atoms with Gasteiger partial charge in [0.05, 0.1) is 0 Å². The minimum absolute atomic E-state index is 0.0664. The molecule has 1 aliphatic heterocycles. The highest BCUT2D eigenvalue weighted by atomic mass is 16.6. The van der Waals surface area contributed by atoms with Crippen molar-refractivity contribution in [2.24, 2.45) is 0 Å². The number of urea groups is 1. The van der Waals surface area contributed by atoms with Crippen LogP contribution in [0.4, 0.5) is 4.79 Å². The predicted molar refractivity (Wildman–Crippen MR) is 80.9 cm³/mol. The molecule has 1 aromatic heterocycles. The number of aryl methyl sites for hydroxylation is 1. The van der Waals surface area contributed by atoms with Crippen molar-refractivity contribution in [3.63, 3.8) is 0 Å². The van der Waals surface area contributed by atoms with Gasteiger partial charge in [0.15, 0.2) is 6.10 Å². The number of amides is 3. The fourth-order valence-corrected chi connectivity index (χ4v) is 2.53. The molecule has 1 fully saturated rings. The first-order chi connectivity index (χ1) is 11.0. The molecule has 2 aromatic rings. The number of ether oxygens (including phenoxy) is 1. The molecular weight excluding hydrogens is 300 g/mol. The summed E-state index contributed by atoms with van der Waals surface area (Å²) in [6.07, 6.45) is -1.07. The lowest BCUT2D eigenvalue weighted by atomic mass is 10.1. The van der Waals surface area contributed by atoms with E-state index in [2.05, 4.69) is 5.32 Å².